The molecule has 21 heavy (non-hydrogen) atoms. The second-order valence-corrected chi connectivity index (χ2v) is 6.73. The van der Waals surface area contributed by atoms with Crippen LogP contribution in [0.2, 0.25) is 0 Å². The van der Waals surface area contributed by atoms with Crippen LogP contribution in [-0.2, 0) is 0 Å². The molecule has 0 bridgehead atoms. The second-order valence-electron chi connectivity index (χ2n) is 5.75. The number of aryl methyl sites for hydroxylation is 1. The number of benzene rings is 1. The lowest BCUT2D eigenvalue weighted by atomic mass is 9.99. The molecule has 0 fully saturated rings. The van der Waals surface area contributed by atoms with Gasteiger partial charge in [-0.05, 0) is 48.9 Å². The molecule has 1 nitrogen and oxygen atoms in total. The second kappa shape index (κ2) is 6.67. The number of hydrogen-bond acceptors (Lipinski definition) is 2. The van der Waals surface area contributed by atoms with E-state index in [2.05, 4.69) is 25.2 Å². The molecule has 0 aliphatic carbocycles. The van der Waals surface area contributed by atoms with Crippen molar-refractivity contribution in [3.05, 3.63) is 57.3 Å². The molecule has 1 heterocycles. The van der Waals surface area contributed by atoms with Crippen LogP contribution in [0.5, 0.6) is 0 Å². The number of thiophene rings is 1. The highest BCUT2D eigenvalue weighted by atomic mass is 32.1. The first-order valence-corrected chi connectivity index (χ1v) is 8.03. The first kappa shape index (κ1) is 16.1. The summed E-state index contributed by atoms with van der Waals surface area (Å²) < 4.78 is 27.8. The Morgan fingerprint density at radius 3 is 2.38 bits per heavy atom. The van der Waals surface area contributed by atoms with E-state index in [0.29, 0.717) is 17.0 Å². The van der Waals surface area contributed by atoms with Crippen LogP contribution in [0.4, 0.5) is 8.78 Å². The minimum absolute atomic E-state index is 0.128. The fourth-order valence-electron chi connectivity index (χ4n) is 2.42. The third-order valence-corrected chi connectivity index (χ3v) is 4.65. The zero-order chi connectivity index (χ0) is 15.6. The number of nitrogens with one attached hydrogen (secondary N) is 1. The Labute approximate surface area is 129 Å². The molecule has 0 saturated heterocycles. The van der Waals surface area contributed by atoms with Crippen molar-refractivity contribution in [3.8, 4) is 0 Å². The highest BCUT2D eigenvalue weighted by Crippen LogP contribution is 2.30. The SMILES string of the molecule is Cc1cc(F)c(C(C)NC(c2cccs2)C(C)C)cc1F. The normalized spacial score (nSPS) is 14.4. The maximum Gasteiger partial charge on any atom is 0.128 e. The average Bonchev–Trinajstić information content (AvgIpc) is 2.93. The fraction of sp³-hybridized carbons (Fsp3) is 0.412. The lowest BCUT2D eigenvalue weighted by molar-refractivity contribution is 0.372. The van der Waals surface area contributed by atoms with E-state index in [0.717, 1.165) is 0 Å². The third-order valence-electron chi connectivity index (χ3n) is 3.69. The van der Waals surface area contributed by atoms with Crippen molar-refractivity contribution in [2.24, 2.45) is 5.92 Å². The molecule has 2 aromatic rings. The Hall–Kier alpha value is -1.26. The Bertz CT molecular complexity index is 593. The number of rotatable bonds is 5. The van der Waals surface area contributed by atoms with Gasteiger partial charge in [-0.2, -0.15) is 0 Å². The molecular weight excluding hydrogens is 288 g/mol. The number of halogens is 2. The quantitative estimate of drug-likeness (QED) is 0.781. The molecule has 0 aliphatic rings. The molecule has 2 unspecified atom stereocenters. The topological polar surface area (TPSA) is 12.0 Å². The van der Waals surface area contributed by atoms with Gasteiger partial charge in [0.25, 0.3) is 0 Å². The molecule has 2 rings (SSSR count). The maximum absolute atomic E-state index is 14.1. The highest BCUT2D eigenvalue weighted by molar-refractivity contribution is 7.10. The zero-order valence-electron chi connectivity index (χ0n) is 12.8. The first-order valence-electron chi connectivity index (χ1n) is 7.15. The van der Waals surface area contributed by atoms with Gasteiger partial charge >= 0.3 is 0 Å². The van der Waals surface area contributed by atoms with Crippen LogP contribution >= 0.6 is 11.3 Å². The van der Waals surface area contributed by atoms with E-state index in [1.807, 2.05) is 18.4 Å². The summed E-state index contributed by atoms with van der Waals surface area (Å²) in [5, 5.41) is 5.46. The summed E-state index contributed by atoms with van der Waals surface area (Å²) in [5.74, 6) is -0.357. The molecule has 0 amide bonds. The van der Waals surface area contributed by atoms with Crippen molar-refractivity contribution < 1.29 is 8.78 Å². The Morgan fingerprint density at radius 2 is 1.81 bits per heavy atom. The lowest BCUT2D eigenvalue weighted by Gasteiger charge is -2.26. The van der Waals surface area contributed by atoms with Gasteiger partial charge in [0.1, 0.15) is 11.6 Å². The summed E-state index contributed by atoms with van der Waals surface area (Å²) in [7, 11) is 0. The van der Waals surface area contributed by atoms with E-state index >= 15 is 0 Å². The maximum atomic E-state index is 14.1. The molecule has 0 spiro atoms. The van der Waals surface area contributed by atoms with Gasteiger partial charge in [-0.1, -0.05) is 19.9 Å². The average molecular weight is 309 g/mol. The summed E-state index contributed by atoms with van der Waals surface area (Å²) in [6.45, 7) is 7.69. The van der Waals surface area contributed by atoms with Crippen LogP contribution in [0.3, 0.4) is 0 Å². The minimum Gasteiger partial charge on any atom is -0.302 e. The van der Waals surface area contributed by atoms with Crippen molar-refractivity contribution in [2.45, 2.75) is 39.8 Å². The van der Waals surface area contributed by atoms with E-state index in [9.17, 15) is 8.78 Å². The van der Waals surface area contributed by atoms with Crippen LogP contribution < -0.4 is 5.32 Å². The van der Waals surface area contributed by atoms with Gasteiger partial charge in [-0.15, -0.1) is 11.3 Å². The Balaban J connectivity index is 2.24. The summed E-state index contributed by atoms with van der Waals surface area (Å²) in [6, 6.07) is 6.51. The van der Waals surface area contributed by atoms with Crippen LogP contribution in [0.1, 0.15) is 48.9 Å². The van der Waals surface area contributed by atoms with Crippen LogP contribution in [-0.4, -0.2) is 0 Å². The van der Waals surface area contributed by atoms with E-state index in [4.69, 9.17) is 0 Å². The number of hydrogen-bond donors (Lipinski definition) is 1. The van der Waals surface area contributed by atoms with Crippen molar-refractivity contribution in [1.82, 2.24) is 5.32 Å². The highest BCUT2D eigenvalue weighted by Gasteiger charge is 2.21. The summed E-state index contributed by atoms with van der Waals surface area (Å²) in [5.41, 5.74) is 0.711. The summed E-state index contributed by atoms with van der Waals surface area (Å²) in [4.78, 5) is 1.21. The van der Waals surface area contributed by atoms with E-state index < -0.39 is 0 Å². The minimum atomic E-state index is -0.364. The van der Waals surface area contributed by atoms with Gasteiger partial charge in [0.05, 0.1) is 0 Å². The van der Waals surface area contributed by atoms with Gasteiger partial charge in [0, 0.05) is 22.5 Å². The fourth-order valence-corrected chi connectivity index (χ4v) is 3.38. The molecule has 0 radical (unpaired) electrons. The van der Waals surface area contributed by atoms with Crippen LogP contribution in [0.25, 0.3) is 0 Å². The first-order chi connectivity index (χ1) is 9.90. The van der Waals surface area contributed by atoms with Gasteiger partial charge < -0.3 is 5.32 Å². The molecular formula is C17H21F2NS. The Morgan fingerprint density at radius 1 is 1.10 bits per heavy atom. The molecule has 0 aliphatic heterocycles. The molecule has 4 heteroatoms. The molecule has 114 valence electrons. The lowest BCUT2D eigenvalue weighted by Crippen LogP contribution is -2.28. The molecule has 1 N–H and O–H groups in total. The van der Waals surface area contributed by atoms with E-state index in [-0.39, 0.29) is 23.7 Å². The monoisotopic (exact) mass is 309 g/mol. The van der Waals surface area contributed by atoms with Crippen molar-refractivity contribution in [1.29, 1.82) is 0 Å². The standard InChI is InChI=1S/C17H21F2NS/c1-10(2)17(16-6-5-7-21-16)20-12(4)13-9-14(18)11(3)8-15(13)19/h5-10,12,17,20H,1-4H3. The van der Waals surface area contributed by atoms with Gasteiger partial charge in [-0.25, -0.2) is 8.78 Å². The van der Waals surface area contributed by atoms with E-state index in [1.165, 1.54) is 17.0 Å². The van der Waals surface area contributed by atoms with Crippen molar-refractivity contribution >= 4 is 11.3 Å². The summed E-state index contributed by atoms with van der Waals surface area (Å²) >= 11 is 1.68. The molecule has 1 aromatic carbocycles. The van der Waals surface area contributed by atoms with Gasteiger partial charge in [0.2, 0.25) is 0 Å². The predicted octanol–water partition coefficient (Wildman–Crippen LogP) is 5.38. The van der Waals surface area contributed by atoms with Crippen molar-refractivity contribution in [2.75, 3.05) is 0 Å². The molecule has 2 atom stereocenters. The van der Waals surface area contributed by atoms with E-state index in [1.54, 1.807) is 18.3 Å². The largest absolute Gasteiger partial charge is 0.302 e. The predicted molar refractivity (Wildman–Crippen MR) is 84.5 cm³/mol. The smallest absolute Gasteiger partial charge is 0.128 e. The molecule has 1 aromatic heterocycles. The molecule has 0 saturated carbocycles. The van der Waals surface area contributed by atoms with Crippen molar-refractivity contribution in [3.63, 3.8) is 0 Å². The Kier molecular flexibility index (Phi) is 5.12. The van der Waals surface area contributed by atoms with Crippen LogP contribution in [0.15, 0.2) is 29.6 Å². The zero-order valence-corrected chi connectivity index (χ0v) is 13.6. The van der Waals surface area contributed by atoms with Gasteiger partial charge in [-0.3, -0.25) is 0 Å². The van der Waals surface area contributed by atoms with Crippen LogP contribution in [0, 0.1) is 24.5 Å². The third kappa shape index (κ3) is 3.69. The summed E-state index contributed by atoms with van der Waals surface area (Å²) in [6.07, 6.45) is 0. The van der Waals surface area contributed by atoms with Gasteiger partial charge in [0.15, 0.2) is 0 Å².